The first-order valence-electron chi connectivity index (χ1n) is 9.91. The summed E-state index contributed by atoms with van der Waals surface area (Å²) in [6.45, 7) is 6.64. The Labute approximate surface area is 179 Å². The second-order valence-electron chi connectivity index (χ2n) is 7.07. The van der Waals surface area contributed by atoms with Crippen molar-refractivity contribution < 1.29 is 23.1 Å². The van der Waals surface area contributed by atoms with Crippen molar-refractivity contribution in [2.45, 2.75) is 27.3 Å². The summed E-state index contributed by atoms with van der Waals surface area (Å²) in [5.74, 6) is 1.27. The molecule has 4 rings (SSSR count). The highest BCUT2D eigenvalue weighted by Crippen LogP contribution is 2.33. The quantitative estimate of drug-likeness (QED) is 0.471. The predicted octanol–water partition coefficient (Wildman–Crippen LogP) is 4.44. The van der Waals surface area contributed by atoms with E-state index >= 15 is 0 Å². The van der Waals surface area contributed by atoms with Crippen LogP contribution in [0, 0.1) is 13.8 Å². The van der Waals surface area contributed by atoms with Gasteiger partial charge in [-0.3, -0.25) is 4.79 Å². The van der Waals surface area contributed by atoms with Gasteiger partial charge in [-0.1, -0.05) is 17.7 Å². The number of fused-ring (bicyclic) bond motifs is 1. The summed E-state index contributed by atoms with van der Waals surface area (Å²) < 4.78 is 22.3. The molecule has 0 atom stereocenters. The molecular weight excluding hydrogens is 398 g/mol. The third kappa shape index (κ3) is 4.09. The minimum Gasteiger partial charge on any atom is -0.493 e. The van der Waals surface area contributed by atoms with Crippen LogP contribution in [0.25, 0.3) is 22.6 Å². The van der Waals surface area contributed by atoms with Gasteiger partial charge in [-0.2, -0.15) is 0 Å². The number of aryl methyl sites for hydroxylation is 2. The molecule has 2 aromatic heterocycles. The highest BCUT2D eigenvalue weighted by Gasteiger charge is 2.21. The number of furan rings is 1. The summed E-state index contributed by atoms with van der Waals surface area (Å²) in [4.78, 5) is 12.5. The fraction of sp³-hybridized carbons (Fsp3) is 0.261. The van der Waals surface area contributed by atoms with Gasteiger partial charge in [0.15, 0.2) is 17.3 Å². The number of hydrogen-bond acceptors (Lipinski definition) is 7. The minimum absolute atomic E-state index is 0.135. The molecule has 0 spiro atoms. The van der Waals surface area contributed by atoms with Gasteiger partial charge in [-0.15, -0.1) is 10.2 Å². The number of carbonyl (C=O) groups excluding carboxylic acids is 1. The zero-order valence-corrected chi connectivity index (χ0v) is 17.8. The SMILES string of the molecule is CCOc1ccc(CNC(=O)c2nnc(-c3oc4ccc(C)cc4c3C)o2)cc1OC. The van der Waals surface area contributed by atoms with Crippen LogP contribution in [0.2, 0.25) is 0 Å². The molecule has 160 valence electrons. The van der Waals surface area contributed by atoms with Crippen LogP contribution in [0.5, 0.6) is 11.5 Å². The highest BCUT2D eigenvalue weighted by molar-refractivity contribution is 5.90. The van der Waals surface area contributed by atoms with Gasteiger partial charge >= 0.3 is 11.8 Å². The summed E-state index contributed by atoms with van der Waals surface area (Å²) >= 11 is 0. The molecule has 0 unspecified atom stereocenters. The zero-order chi connectivity index (χ0) is 22.0. The first-order chi connectivity index (χ1) is 15.0. The Morgan fingerprint density at radius 1 is 1.06 bits per heavy atom. The van der Waals surface area contributed by atoms with E-state index in [-0.39, 0.29) is 18.3 Å². The summed E-state index contributed by atoms with van der Waals surface area (Å²) in [5, 5.41) is 11.6. The molecule has 2 aromatic carbocycles. The van der Waals surface area contributed by atoms with Crippen LogP contribution in [0.1, 0.15) is 34.3 Å². The largest absolute Gasteiger partial charge is 0.493 e. The normalized spacial score (nSPS) is 11.0. The van der Waals surface area contributed by atoms with Gasteiger partial charge < -0.3 is 23.6 Å². The second kappa shape index (κ2) is 8.51. The van der Waals surface area contributed by atoms with E-state index in [0.717, 1.165) is 27.7 Å². The van der Waals surface area contributed by atoms with E-state index in [1.807, 2.05) is 51.1 Å². The monoisotopic (exact) mass is 421 g/mol. The van der Waals surface area contributed by atoms with Crippen LogP contribution in [0.4, 0.5) is 0 Å². The van der Waals surface area contributed by atoms with Gasteiger partial charge in [0.2, 0.25) is 0 Å². The van der Waals surface area contributed by atoms with Gasteiger partial charge in [-0.25, -0.2) is 0 Å². The number of nitrogens with zero attached hydrogens (tertiary/aromatic N) is 2. The van der Waals surface area contributed by atoms with E-state index in [1.54, 1.807) is 13.2 Å². The Hall–Kier alpha value is -3.81. The van der Waals surface area contributed by atoms with Crippen LogP contribution in [0.15, 0.2) is 45.2 Å². The summed E-state index contributed by atoms with van der Waals surface area (Å²) in [5.41, 5.74) is 3.58. The molecule has 31 heavy (non-hydrogen) atoms. The van der Waals surface area contributed by atoms with Crippen molar-refractivity contribution in [3.63, 3.8) is 0 Å². The molecule has 8 nitrogen and oxygen atoms in total. The second-order valence-corrected chi connectivity index (χ2v) is 7.07. The lowest BCUT2D eigenvalue weighted by molar-refractivity contribution is 0.0916. The van der Waals surface area contributed by atoms with Crippen LogP contribution < -0.4 is 14.8 Å². The van der Waals surface area contributed by atoms with E-state index in [2.05, 4.69) is 15.5 Å². The van der Waals surface area contributed by atoms with Crippen LogP contribution in [0.3, 0.4) is 0 Å². The highest BCUT2D eigenvalue weighted by atomic mass is 16.5. The van der Waals surface area contributed by atoms with Gasteiger partial charge in [0, 0.05) is 17.5 Å². The van der Waals surface area contributed by atoms with Gasteiger partial charge in [0.05, 0.1) is 13.7 Å². The van der Waals surface area contributed by atoms with Crippen molar-refractivity contribution >= 4 is 16.9 Å². The van der Waals surface area contributed by atoms with E-state index in [1.165, 1.54) is 0 Å². The number of rotatable bonds is 7. The number of ether oxygens (including phenoxy) is 2. The molecule has 0 fully saturated rings. The van der Waals surface area contributed by atoms with E-state index < -0.39 is 5.91 Å². The third-order valence-electron chi connectivity index (χ3n) is 4.89. The molecule has 0 bridgehead atoms. The van der Waals surface area contributed by atoms with Crippen molar-refractivity contribution in [2.75, 3.05) is 13.7 Å². The molecule has 0 radical (unpaired) electrons. The maximum atomic E-state index is 12.5. The molecule has 4 aromatic rings. The molecular formula is C23H23N3O5. The molecule has 2 heterocycles. The summed E-state index contributed by atoms with van der Waals surface area (Å²) in [6, 6.07) is 11.4. The van der Waals surface area contributed by atoms with Gasteiger partial charge in [0.25, 0.3) is 5.89 Å². The average Bonchev–Trinajstić information content (AvgIpc) is 3.38. The standard InChI is InChI=1S/C23H23N3O5/c1-5-29-18-9-7-15(11-19(18)28-4)12-24-21(27)23-26-25-22(31-23)20-14(3)16-10-13(2)6-8-17(16)30-20/h6-11H,5,12H2,1-4H3,(H,24,27). The number of hydrogen-bond donors (Lipinski definition) is 1. The van der Waals surface area contributed by atoms with Gasteiger partial charge in [0.1, 0.15) is 5.58 Å². The molecule has 8 heteroatoms. The fourth-order valence-electron chi connectivity index (χ4n) is 3.30. The lowest BCUT2D eigenvalue weighted by atomic mass is 10.1. The molecule has 1 N–H and O–H groups in total. The molecule has 0 saturated heterocycles. The Morgan fingerprint density at radius 3 is 2.68 bits per heavy atom. The summed E-state index contributed by atoms with van der Waals surface area (Å²) in [7, 11) is 1.57. The van der Waals surface area contributed by atoms with Crippen molar-refractivity contribution in [1.82, 2.24) is 15.5 Å². The van der Waals surface area contributed by atoms with Crippen molar-refractivity contribution in [2.24, 2.45) is 0 Å². The molecule has 1 amide bonds. The molecule has 0 saturated carbocycles. The number of carbonyl (C=O) groups is 1. The first-order valence-corrected chi connectivity index (χ1v) is 9.91. The number of methoxy groups -OCH3 is 1. The van der Waals surface area contributed by atoms with Crippen LogP contribution >= 0.6 is 0 Å². The van der Waals surface area contributed by atoms with Crippen molar-refractivity contribution in [3.8, 4) is 23.1 Å². The zero-order valence-electron chi connectivity index (χ0n) is 17.8. The summed E-state index contributed by atoms with van der Waals surface area (Å²) in [6.07, 6.45) is 0. The number of nitrogens with one attached hydrogen (secondary N) is 1. The van der Waals surface area contributed by atoms with E-state index in [0.29, 0.717) is 23.9 Å². The number of aromatic nitrogens is 2. The maximum Gasteiger partial charge on any atom is 0.309 e. The topological polar surface area (TPSA) is 99.6 Å². The molecule has 0 aliphatic rings. The molecule has 0 aliphatic carbocycles. The number of amides is 1. The number of benzene rings is 2. The smallest absolute Gasteiger partial charge is 0.309 e. The van der Waals surface area contributed by atoms with Crippen molar-refractivity contribution in [3.05, 3.63) is 59.0 Å². The minimum atomic E-state index is -0.476. The maximum absolute atomic E-state index is 12.5. The van der Waals surface area contributed by atoms with Crippen LogP contribution in [-0.4, -0.2) is 29.8 Å². The predicted molar refractivity (Wildman–Crippen MR) is 114 cm³/mol. The van der Waals surface area contributed by atoms with E-state index in [4.69, 9.17) is 18.3 Å². The van der Waals surface area contributed by atoms with Gasteiger partial charge in [-0.05, 0) is 50.6 Å². The Bertz CT molecular complexity index is 1240. The Balaban J connectivity index is 1.48. The Kier molecular flexibility index (Phi) is 5.62. The van der Waals surface area contributed by atoms with Crippen molar-refractivity contribution in [1.29, 1.82) is 0 Å². The first kappa shape index (κ1) is 20.5. The van der Waals surface area contributed by atoms with Crippen LogP contribution in [-0.2, 0) is 6.54 Å². The van der Waals surface area contributed by atoms with E-state index in [9.17, 15) is 4.79 Å². The molecule has 0 aliphatic heterocycles. The Morgan fingerprint density at radius 2 is 1.90 bits per heavy atom. The fourth-order valence-corrected chi connectivity index (χ4v) is 3.30. The third-order valence-corrected chi connectivity index (χ3v) is 4.89. The lowest BCUT2D eigenvalue weighted by Crippen LogP contribution is -2.23. The average molecular weight is 421 g/mol. The lowest BCUT2D eigenvalue weighted by Gasteiger charge is -2.11.